The fourth-order valence-electron chi connectivity index (χ4n) is 2.68. The molecule has 0 aliphatic rings. The number of fused-ring (bicyclic) bond motifs is 1. The monoisotopic (exact) mass is 417 g/mol. The smallest absolute Gasteiger partial charge is 0.258 e. The highest BCUT2D eigenvalue weighted by molar-refractivity contribution is 9.10. The molecule has 0 atom stereocenters. The van der Waals surface area contributed by atoms with E-state index >= 15 is 0 Å². The summed E-state index contributed by atoms with van der Waals surface area (Å²) in [5.74, 6) is -0.704. The second kappa shape index (κ2) is 7.37. The molecule has 0 unspecified atom stereocenters. The largest absolute Gasteiger partial charge is 0.329 e. The first-order chi connectivity index (χ1) is 12.4. The van der Waals surface area contributed by atoms with Crippen LogP contribution in [0.4, 0.5) is 4.39 Å². The lowest BCUT2D eigenvalue weighted by molar-refractivity contribution is 0.0680. The van der Waals surface area contributed by atoms with Gasteiger partial charge in [0.15, 0.2) is 0 Å². The lowest BCUT2D eigenvalue weighted by Gasteiger charge is -2.26. The summed E-state index contributed by atoms with van der Waals surface area (Å²) in [7, 11) is 0. The lowest BCUT2D eigenvalue weighted by Crippen LogP contribution is -2.38. The molecular weight excluding hydrogens is 401 g/mol. The molecule has 0 aliphatic heterocycles. The SMILES string of the molecule is CC(C)N(Cc1nc2ccccc2c(=O)[nH]1)C(=O)c1cc(Br)ccc1F. The quantitative estimate of drug-likeness (QED) is 0.700. The second-order valence-corrected chi connectivity index (χ2v) is 7.10. The van der Waals surface area contributed by atoms with Crippen LogP contribution in [0.2, 0.25) is 0 Å². The summed E-state index contributed by atoms with van der Waals surface area (Å²) < 4.78 is 14.7. The van der Waals surface area contributed by atoms with E-state index in [0.717, 1.165) is 0 Å². The summed E-state index contributed by atoms with van der Waals surface area (Å²) in [5, 5.41) is 0.483. The first-order valence-electron chi connectivity index (χ1n) is 8.11. The van der Waals surface area contributed by atoms with Gasteiger partial charge in [-0.15, -0.1) is 0 Å². The van der Waals surface area contributed by atoms with Gasteiger partial charge in [0.05, 0.1) is 23.0 Å². The van der Waals surface area contributed by atoms with Crippen molar-refractivity contribution >= 4 is 32.7 Å². The summed E-state index contributed by atoms with van der Waals surface area (Å²) in [6.07, 6.45) is 0. The van der Waals surface area contributed by atoms with Crippen LogP contribution in [0.25, 0.3) is 10.9 Å². The highest BCUT2D eigenvalue weighted by Gasteiger charge is 2.23. The van der Waals surface area contributed by atoms with Gasteiger partial charge in [-0.2, -0.15) is 0 Å². The van der Waals surface area contributed by atoms with Crippen LogP contribution in [0.1, 0.15) is 30.0 Å². The van der Waals surface area contributed by atoms with Crippen LogP contribution >= 0.6 is 15.9 Å². The van der Waals surface area contributed by atoms with E-state index in [2.05, 4.69) is 25.9 Å². The fraction of sp³-hybridized carbons (Fsp3) is 0.211. The van der Waals surface area contributed by atoms with Crippen LogP contribution in [-0.2, 0) is 6.54 Å². The van der Waals surface area contributed by atoms with Gasteiger partial charge in [0.2, 0.25) is 0 Å². The number of nitrogens with one attached hydrogen (secondary N) is 1. The average molecular weight is 418 g/mol. The van der Waals surface area contributed by atoms with Gasteiger partial charge < -0.3 is 9.88 Å². The molecule has 3 aromatic rings. The summed E-state index contributed by atoms with van der Waals surface area (Å²) >= 11 is 3.26. The number of rotatable bonds is 4. The topological polar surface area (TPSA) is 66.1 Å². The van der Waals surface area contributed by atoms with Crippen LogP contribution in [-0.4, -0.2) is 26.8 Å². The molecule has 0 radical (unpaired) electrons. The van der Waals surface area contributed by atoms with E-state index in [1.165, 1.54) is 23.1 Å². The van der Waals surface area contributed by atoms with E-state index in [9.17, 15) is 14.0 Å². The standard InChI is InChI=1S/C19H17BrFN3O2/c1-11(2)24(19(26)14-9-12(20)7-8-15(14)21)10-17-22-16-6-4-3-5-13(16)18(25)23-17/h3-9,11H,10H2,1-2H3,(H,22,23,25). The van der Waals surface area contributed by atoms with Gasteiger partial charge in [0, 0.05) is 10.5 Å². The maximum atomic E-state index is 14.1. The van der Waals surface area contributed by atoms with Crippen molar-refractivity contribution < 1.29 is 9.18 Å². The van der Waals surface area contributed by atoms with E-state index in [-0.39, 0.29) is 23.7 Å². The number of hydrogen-bond acceptors (Lipinski definition) is 3. The first-order valence-corrected chi connectivity index (χ1v) is 8.90. The lowest BCUT2D eigenvalue weighted by atomic mass is 10.1. The van der Waals surface area contributed by atoms with Crippen molar-refractivity contribution in [1.82, 2.24) is 14.9 Å². The summed E-state index contributed by atoms with van der Waals surface area (Å²) in [5.41, 5.74) is 0.252. The van der Waals surface area contributed by atoms with Gasteiger partial charge in [-0.05, 0) is 44.2 Å². The molecule has 0 aliphatic carbocycles. The minimum absolute atomic E-state index is 0.0313. The Balaban J connectivity index is 1.98. The number of H-pyrrole nitrogens is 1. The van der Waals surface area contributed by atoms with Crippen LogP contribution in [0.5, 0.6) is 0 Å². The molecule has 0 saturated heterocycles. The van der Waals surface area contributed by atoms with Crippen molar-refractivity contribution in [2.45, 2.75) is 26.4 Å². The van der Waals surface area contributed by atoms with E-state index in [1.54, 1.807) is 24.3 Å². The van der Waals surface area contributed by atoms with E-state index in [4.69, 9.17) is 0 Å². The number of halogens is 2. The number of aromatic nitrogens is 2. The zero-order valence-corrected chi connectivity index (χ0v) is 15.9. The van der Waals surface area contributed by atoms with Crippen LogP contribution in [0.3, 0.4) is 0 Å². The number of aromatic amines is 1. The molecule has 0 fully saturated rings. The van der Waals surface area contributed by atoms with Crippen LogP contribution < -0.4 is 5.56 Å². The van der Waals surface area contributed by atoms with Crippen molar-refractivity contribution in [2.75, 3.05) is 0 Å². The minimum atomic E-state index is -0.594. The van der Waals surface area contributed by atoms with Crippen molar-refractivity contribution in [2.24, 2.45) is 0 Å². The number of nitrogens with zero attached hydrogens (tertiary/aromatic N) is 2. The highest BCUT2D eigenvalue weighted by atomic mass is 79.9. The van der Waals surface area contributed by atoms with Gasteiger partial charge >= 0.3 is 0 Å². The van der Waals surface area contributed by atoms with Gasteiger partial charge in [-0.3, -0.25) is 9.59 Å². The predicted octanol–water partition coefficient (Wildman–Crippen LogP) is 3.88. The summed E-state index contributed by atoms with van der Waals surface area (Å²) in [6.45, 7) is 3.72. The highest BCUT2D eigenvalue weighted by Crippen LogP contribution is 2.19. The normalized spacial score (nSPS) is 11.1. The molecule has 1 N–H and O–H groups in total. The fourth-order valence-corrected chi connectivity index (χ4v) is 3.04. The molecule has 134 valence electrons. The third-order valence-corrected chi connectivity index (χ3v) is 4.52. The van der Waals surface area contributed by atoms with E-state index < -0.39 is 11.7 Å². The van der Waals surface area contributed by atoms with Crippen LogP contribution in [0.15, 0.2) is 51.7 Å². The predicted molar refractivity (Wildman–Crippen MR) is 101 cm³/mol. The number of carbonyl (C=O) groups excluding carboxylic acids is 1. The molecule has 3 rings (SSSR count). The molecule has 0 bridgehead atoms. The summed E-state index contributed by atoms with van der Waals surface area (Å²) in [6, 6.07) is 11.0. The third-order valence-electron chi connectivity index (χ3n) is 4.03. The minimum Gasteiger partial charge on any atom is -0.329 e. The number of benzene rings is 2. The molecule has 5 nitrogen and oxygen atoms in total. The zero-order chi connectivity index (χ0) is 18.8. The van der Waals surface area contributed by atoms with Gasteiger partial charge in [0.1, 0.15) is 11.6 Å². The number of hydrogen-bond donors (Lipinski definition) is 1. The molecular formula is C19H17BrFN3O2. The molecule has 1 heterocycles. The van der Waals surface area contributed by atoms with E-state index in [1.807, 2.05) is 13.8 Å². The maximum Gasteiger partial charge on any atom is 0.258 e. The molecule has 0 saturated carbocycles. The average Bonchev–Trinajstić information content (AvgIpc) is 2.61. The molecule has 0 spiro atoms. The summed E-state index contributed by atoms with van der Waals surface area (Å²) in [4.78, 5) is 33.7. The Morgan fingerprint density at radius 2 is 2.00 bits per heavy atom. The van der Waals surface area contributed by atoms with Crippen LogP contribution in [0, 0.1) is 5.82 Å². The molecule has 26 heavy (non-hydrogen) atoms. The molecule has 1 amide bonds. The van der Waals surface area contributed by atoms with E-state index in [0.29, 0.717) is 21.2 Å². The Morgan fingerprint density at radius 3 is 2.73 bits per heavy atom. The maximum absolute atomic E-state index is 14.1. The van der Waals surface area contributed by atoms with Crippen molar-refractivity contribution in [3.63, 3.8) is 0 Å². The Kier molecular flexibility index (Phi) is 5.18. The molecule has 1 aromatic heterocycles. The Morgan fingerprint density at radius 1 is 1.27 bits per heavy atom. The Labute approximate surface area is 158 Å². The van der Waals surface area contributed by atoms with Crippen molar-refractivity contribution in [1.29, 1.82) is 0 Å². The Hall–Kier alpha value is -2.54. The first kappa shape index (κ1) is 18.3. The van der Waals surface area contributed by atoms with Crippen molar-refractivity contribution in [3.05, 3.63) is 74.5 Å². The van der Waals surface area contributed by atoms with Gasteiger partial charge in [0.25, 0.3) is 11.5 Å². The third kappa shape index (κ3) is 3.67. The number of amides is 1. The van der Waals surface area contributed by atoms with Crippen molar-refractivity contribution in [3.8, 4) is 0 Å². The molecule has 2 aromatic carbocycles. The number of carbonyl (C=O) groups is 1. The zero-order valence-electron chi connectivity index (χ0n) is 14.3. The Bertz CT molecular complexity index is 1030. The second-order valence-electron chi connectivity index (χ2n) is 6.18. The van der Waals surface area contributed by atoms with Gasteiger partial charge in [-0.1, -0.05) is 28.1 Å². The number of para-hydroxylation sites is 1. The molecule has 7 heteroatoms. The van der Waals surface area contributed by atoms with Gasteiger partial charge in [-0.25, -0.2) is 9.37 Å².